The van der Waals surface area contributed by atoms with Gasteiger partial charge in [-0.1, -0.05) is 24.3 Å². The van der Waals surface area contributed by atoms with Crippen molar-refractivity contribution in [3.8, 4) is 5.75 Å². The Morgan fingerprint density at radius 2 is 2.00 bits per heavy atom. The fourth-order valence-electron chi connectivity index (χ4n) is 2.36. The highest BCUT2D eigenvalue weighted by atomic mass is 16.6. The normalized spacial score (nSPS) is 11.0. The maximum atomic E-state index is 12.3. The summed E-state index contributed by atoms with van der Waals surface area (Å²) >= 11 is 0. The summed E-state index contributed by atoms with van der Waals surface area (Å²) in [5.41, 5.74) is 0.778. The summed E-state index contributed by atoms with van der Waals surface area (Å²) in [7, 11) is 1.52. The van der Waals surface area contributed by atoms with E-state index in [0.29, 0.717) is 16.9 Å². The van der Waals surface area contributed by atoms with Gasteiger partial charge in [0.25, 0.3) is 5.69 Å². The van der Waals surface area contributed by atoms with Crippen LogP contribution in [0, 0.1) is 10.1 Å². The van der Waals surface area contributed by atoms with Crippen LogP contribution in [0.25, 0.3) is 17.0 Å². The number of ether oxygens (including phenoxy) is 1. The molecule has 0 aliphatic rings. The molecule has 6 heteroatoms. The molecule has 0 bridgehead atoms. The molecule has 0 saturated carbocycles. The van der Waals surface area contributed by atoms with Crippen LogP contribution in [0.1, 0.15) is 16.1 Å². The molecule has 0 saturated heterocycles. The van der Waals surface area contributed by atoms with Crippen LogP contribution in [0.15, 0.2) is 59.0 Å². The maximum Gasteiger partial charge on any atom is 0.276 e. The van der Waals surface area contributed by atoms with Crippen molar-refractivity contribution >= 4 is 28.5 Å². The summed E-state index contributed by atoms with van der Waals surface area (Å²) < 4.78 is 10.8. The summed E-state index contributed by atoms with van der Waals surface area (Å²) in [6, 6.07) is 13.2. The number of rotatable bonds is 5. The van der Waals surface area contributed by atoms with Crippen molar-refractivity contribution in [3.63, 3.8) is 0 Å². The van der Waals surface area contributed by atoms with Gasteiger partial charge in [-0.15, -0.1) is 0 Å². The summed E-state index contributed by atoms with van der Waals surface area (Å²) in [6.07, 6.45) is 2.66. The molecule has 0 amide bonds. The second kappa shape index (κ2) is 6.37. The van der Waals surface area contributed by atoms with Crippen molar-refractivity contribution in [1.29, 1.82) is 0 Å². The summed E-state index contributed by atoms with van der Waals surface area (Å²) in [4.78, 5) is 22.8. The molecule has 0 unspecified atom stereocenters. The lowest BCUT2D eigenvalue weighted by Crippen LogP contribution is -1.93. The molecule has 3 aromatic rings. The minimum absolute atomic E-state index is 0.0622. The van der Waals surface area contributed by atoms with E-state index in [1.807, 2.05) is 6.07 Å². The first kappa shape index (κ1) is 15.5. The predicted molar refractivity (Wildman–Crippen MR) is 89.2 cm³/mol. The Hall–Kier alpha value is -3.41. The summed E-state index contributed by atoms with van der Waals surface area (Å²) in [5.74, 6) is 0.296. The Morgan fingerprint density at radius 3 is 2.75 bits per heavy atom. The zero-order chi connectivity index (χ0) is 17.1. The summed E-state index contributed by atoms with van der Waals surface area (Å²) in [5, 5.41) is 11.7. The van der Waals surface area contributed by atoms with Crippen molar-refractivity contribution < 1.29 is 18.9 Å². The highest BCUT2D eigenvalue weighted by Gasteiger charge is 2.14. The van der Waals surface area contributed by atoms with Crippen LogP contribution < -0.4 is 4.74 Å². The number of fused-ring (bicyclic) bond motifs is 1. The minimum Gasteiger partial charge on any atom is -0.493 e. The third-order valence-electron chi connectivity index (χ3n) is 3.52. The van der Waals surface area contributed by atoms with Gasteiger partial charge in [-0.05, 0) is 30.4 Å². The van der Waals surface area contributed by atoms with Gasteiger partial charge in [0, 0.05) is 11.5 Å². The number of nitrogens with zero attached hydrogens (tertiary/aromatic N) is 1. The van der Waals surface area contributed by atoms with E-state index in [-0.39, 0.29) is 17.2 Å². The molecule has 0 aliphatic heterocycles. The first-order chi connectivity index (χ1) is 11.6. The Morgan fingerprint density at radius 1 is 1.21 bits per heavy atom. The van der Waals surface area contributed by atoms with Crippen molar-refractivity contribution in [2.24, 2.45) is 0 Å². The highest BCUT2D eigenvalue weighted by Crippen LogP contribution is 2.29. The van der Waals surface area contributed by atoms with Gasteiger partial charge in [0.2, 0.25) is 5.78 Å². The lowest BCUT2D eigenvalue weighted by Gasteiger charge is -1.98. The third-order valence-corrected chi connectivity index (χ3v) is 3.52. The lowest BCUT2D eigenvalue weighted by molar-refractivity contribution is -0.385. The van der Waals surface area contributed by atoms with Crippen molar-refractivity contribution in [1.82, 2.24) is 0 Å². The third kappa shape index (κ3) is 2.89. The standard InChI is InChI=1S/C18H13NO5/c1-23-16-8-4-6-13-11-17(24-18(13)16)15(20)10-9-12-5-2-3-7-14(12)19(21)22/h2-11H,1H3/b10-9+. The number of carbonyl (C=O) groups is 1. The van der Waals surface area contributed by atoms with E-state index in [1.165, 1.54) is 25.3 Å². The van der Waals surface area contributed by atoms with Gasteiger partial charge >= 0.3 is 0 Å². The molecule has 0 fully saturated rings. The molecule has 0 aliphatic carbocycles. The van der Waals surface area contributed by atoms with E-state index >= 15 is 0 Å². The lowest BCUT2D eigenvalue weighted by atomic mass is 10.1. The van der Waals surface area contributed by atoms with Gasteiger partial charge in [-0.3, -0.25) is 14.9 Å². The zero-order valence-electron chi connectivity index (χ0n) is 12.8. The number of benzene rings is 2. The summed E-state index contributed by atoms with van der Waals surface area (Å²) in [6.45, 7) is 0. The quantitative estimate of drug-likeness (QED) is 0.303. The monoisotopic (exact) mass is 323 g/mol. The Balaban J connectivity index is 1.92. The first-order valence-electron chi connectivity index (χ1n) is 7.12. The SMILES string of the molecule is COc1cccc2cc(C(=O)/C=C/c3ccccc3[N+](=O)[O-])oc12. The number of furan rings is 1. The number of hydrogen-bond acceptors (Lipinski definition) is 5. The molecule has 120 valence electrons. The molecular weight excluding hydrogens is 310 g/mol. The number of nitro benzene ring substituents is 1. The Bertz CT molecular complexity index is 955. The molecular formula is C18H13NO5. The molecule has 1 heterocycles. The van der Waals surface area contributed by atoms with Gasteiger partial charge in [-0.2, -0.15) is 0 Å². The predicted octanol–water partition coefficient (Wildman–Crippen LogP) is 4.25. The van der Waals surface area contributed by atoms with Crippen LogP contribution in [0.5, 0.6) is 5.75 Å². The fraction of sp³-hybridized carbons (Fsp3) is 0.0556. The van der Waals surface area contributed by atoms with Gasteiger partial charge in [-0.25, -0.2) is 0 Å². The molecule has 0 spiro atoms. The molecule has 3 rings (SSSR count). The minimum atomic E-state index is -0.490. The van der Waals surface area contributed by atoms with E-state index in [2.05, 4.69) is 0 Å². The highest BCUT2D eigenvalue weighted by molar-refractivity contribution is 6.07. The van der Waals surface area contributed by atoms with Crippen LogP contribution in [0.4, 0.5) is 5.69 Å². The molecule has 24 heavy (non-hydrogen) atoms. The fourth-order valence-corrected chi connectivity index (χ4v) is 2.36. The Kier molecular flexibility index (Phi) is 4.11. The van der Waals surface area contributed by atoms with Crippen LogP contribution in [0.2, 0.25) is 0 Å². The first-order valence-corrected chi connectivity index (χ1v) is 7.12. The average Bonchev–Trinajstić information content (AvgIpc) is 3.04. The van der Waals surface area contributed by atoms with E-state index in [9.17, 15) is 14.9 Å². The number of allylic oxidation sites excluding steroid dienone is 1. The number of methoxy groups -OCH3 is 1. The molecule has 6 nitrogen and oxygen atoms in total. The van der Waals surface area contributed by atoms with Gasteiger partial charge in [0.1, 0.15) is 0 Å². The van der Waals surface area contributed by atoms with Crippen LogP contribution in [0.3, 0.4) is 0 Å². The van der Waals surface area contributed by atoms with Gasteiger partial charge in [0.15, 0.2) is 17.1 Å². The molecule has 0 atom stereocenters. The second-order valence-corrected chi connectivity index (χ2v) is 5.00. The number of ketones is 1. The largest absolute Gasteiger partial charge is 0.493 e. The molecule has 1 aromatic heterocycles. The maximum absolute atomic E-state index is 12.3. The van der Waals surface area contributed by atoms with Crippen LogP contribution in [-0.2, 0) is 0 Å². The van der Waals surface area contributed by atoms with Crippen molar-refractivity contribution in [2.45, 2.75) is 0 Å². The van der Waals surface area contributed by atoms with E-state index < -0.39 is 4.92 Å². The van der Waals surface area contributed by atoms with Crippen molar-refractivity contribution in [2.75, 3.05) is 7.11 Å². The molecule has 0 N–H and O–H groups in total. The number of hydrogen-bond donors (Lipinski definition) is 0. The number of nitro groups is 1. The molecule has 0 radical (unpaired) electrons. The van der Waals surface area contributed by atoms with E-state index in [4.69, 9.17) is 9.15 Å². The van der Waals surface area contributed by atoms with E-state index in [0.717, 1.165) is 5.39 Å². The molecule has 2 aromatic carbocycles. The van der Waals surface area contributed by atoms with Crippen LogP contribution >= 0.6 is 0 Å². The zero-order valence-corrected chi connectivity index (χ0v) is 12.8. The average molecular weight is 323 g/mol. The topological polar surface area (TPSA) is 82.6 Å². The van der Waals surface area contributed by atoms with Gasteiger partial charge < -0.3 is 9.15 Å². The number of carbonyl (C=O) groups excluding carboxylic acids is 1. The smallest absolute Gasteiger partial charge is 0.276 e. The number of para-hydroxylation sites is 2. The Labute approximate surface area is 137 Å². The second-order valence-electron chi connectivity index (χ2n) is 5.00. The van der Waals surface area contributed by atoms with E-state index in [1.54, 1.807) is 36.4 Å². The van der Waals surface area contributed by atoms with Crippen molar-refractivity contribution in [3.05, 3.63) is 76.0 Å². The van der Waals surface area contributed by atoms with Gasteiger partial charge in [0.05, 0.1) is 17.6 Å². The van der Waals surface area contributed by atoms with Crippen LogP contribution in [-0.4, -0.2) is 17.8 Å².